The van der Waals surface area contributed by atoms with E-state index in [1.54, 1.807) is 0 Å². The van der Waals surface area contributed by atoms with Crippen molar-refractivity contribution in [3.05, 3.63) is 0 Å². The molecule has 2 saturated carbocycles. The number of hydrogen-bond donors (Lipinski definition) is 0. The minimum absolute atomic E-state index is 0.0648. The molecule has 0 aromatic carbocycles. The number of aldehydes is 1. The van der Waals surface area contributed by atoms with Crippen LogP contribution in [0, 0.1) is 17.8 Å². The van der Waals surface area contributed by atoms with Crippen LogP contribution in [0.25, 0.3) is 0 Å². The molecule has 0 aromatic rings. The van der Waals surface area contributed by atoms with Gasteiger partial charge in [-0.15, -0.1) is 0 Å². The second-order valence-electron chi connectivity index (χ2n) is 3.67. The smallest absolute Gasteiger partial charge is 0.136 e. The average Bonchev–Trinajstić information content (AvgIpc) is 2.54. The molecule has 0 saturated heterocycles. The maximum atomic E-state index is 11.3. The number of ketones is 1. The highest BCUT2D eigenvalue weighted by molar-refractivity contribution is 5.86. The van der Waals surface area contributed by atoms with Gasteiger partial charge in [0, 0.05) is 18.3 Å². The summed E-state index contributed by atoms with van der Waals surface area (Å²) in [7, 11) is 0. The number of Topliss-reactive ketones (excluding diaryl/α,β-unsaturated/α-hetero) is 1. The Bertz CT molecular complexity index is 198. The van der Waals surface area contributed by atoms with Gasteiger partial charge >= 0.3 is 0 Å². The highest BCUT2D eigenvalue weighted by Crippen LogP contribution is 2.44. The zero-order valence-corrected chi connectivity index (χ0v) is 6.45. The van der Waals surface area contributed by atoms with Crippen LogP contribution in [0.2, 0.25) is 0 Å². The molecule has 0 aliphatic heterocycles. The molecule has 0 aromatic heterocycles. The Morgan fingerprint density at radius 2 is 2.09 bits per heavy atom. The Morgan fingerprint density at radius 3 is 2.82 bits per heavy atom. The summed E-state index contributed by atoms with van der Waals surface area (Å²) in [5, 5.41) is 0. The lowest BCUT2D eigenvalue weighted by molar-refractivity contribution is -0.125. The highest BCUT2D eigenvalue weighted by Gasteiger charge is 2.44. The van der Waals surface area contributed by atoms with E-state index in [9.17, 15) is 9.59 Å². The van der Waals surface area contributed by atoms with Gasteiger partial charge in [0.05, 0.1) is 0 Å². The van der Waals surface area contributed by atoms with Gasteiger partial charge in [0.15, 0.2) is 0 Å². The van der Waals surface area contributed by atoms with E-state index < -0.39 is 0 Å². The van der Waals surface area contributed by atoms with Gasteiger partial charge in [-0.2, -0.15) is 0 Å². The third-order valence-corrected chi connectivity index (χ3v) is 3.15. The average molecular weight is 152 g/mol. The highest BCUT2D eigenvalue weighted by atomic mass is 16.1. The van der Waals surface area contributed by atoms with Crippen LogP contribution in [0.5, 0.6) is 0 Å². The third kappa shape index (κ3) is 0.924. The SMILES string of the molecule is O=C[C@@H]1CC[C@H]2CCC(=O)[C@H]21. The molecule has 0 spiro atoms. The number of hydrogen-bond acceptors (Lipinski definition) is 2. The lowest BCUT2D eigenvalue weighted by Gasteiger charge is -2.09. The zero-order chi connectivity index (χ0) is 7.84. The minimum Gasteiger partial charge on any atom is -0.303 e. The fourth-order valence-corrected chi connectivity index (χ4v) is 2.59. The molecule has 0 radical (unpaired) electrons. The molecule has 60 valence electrons. The van der Waals surface area contributed by atoms with Gasteiger partial charge in [-0.25, -0.2) is 0 Å². The molecular formula is C9H12O2. The fraction of sp³-hybridized carbons (Fsp3) is 0.778. The second kappa shape index (κ2) is 2.43. The van der Waals surface area contributed by atoms with Gasteiger partial charge in [-0.1, -0.05) is 0 Å². The van der Waals surface area contributed by atoms with Gasteiger partial charge < -0.3 is 4.79 Å². The van der Waals surface area contributed by atoms with Crippen LogP contribution >= 0.6 is 0 Å². The lowest BCUT2D eigenvalue weighted by atomic mass is 9.92. The summed E-state index contributed by atoms with van der Waals surface area (Å²) in [6.07, 6.45) is 4.78. The molecule has 0 unspecified atom stereocenters. The normalized spacial score (nSPS) is 42.5. The number of fused-ring (bicyclic) bond motifs is 1. The van der Waals surface area contributed by atoms with Crippen molar-refractivity contribution in [1.82, 2.24) is 0 Å². The van der Waals surface area contributed by atoms with Crippen molar-refractivity contribution < 1.29 is 9.59 Å². The van der Waals surface area contributed by atoms with Gasteiger partial charge in [0.2, 0.25) is 0 Å². The first kappa shape index (κ1) is 7.01. The van der Waals surface area contributed by atoms with E-state index in [4.69, 9.17) is 0 Å². The first-order valence-electron chi connectivity index (χ1n) is 4.31. The Hall–Kier alpha value is -0.660. The van der Waals surface area contributed by atoms with Crippen molar-refractivity contribution in [2.24, 2.45) is 17.8 Å². The quantitative estimate of drug-likeness (QED) is 0.529. The van der Waals surface area contributed by atoms with Crippen molar-refractivity contribution in [1.29, 1.82) is 0 Å². The summed E-state index contributed by atoms with van der Waals surface area (Å²) in [4.78, 5) is 21.8. The van der Waals surface area contributed by atoms with E-state index in [2.05, 4.69) is 0 Å². The molecule has 0 bridgehead atoms. The summed E-state index contributed by atoms with van der Waals surface area (Å²) in [6.45, 7) is 0. The van der Waals surface area contributed by atoms with E-state index in [1.807, 2.05) is 0 Å². The molecule has 3 atom stereocenters. The second-order valence-corrected chi connectivity index (χ2v) is 3.67. The maximum Gasteiger partial charge on any atom is 0.136 e. The Labute approximate surface area is 66.0 Å². The number of rotatable bonds is 1. The fourth-order valence-electron chi connectivity index (χ4n) is 2.59. The third-order valence-electron chi connectivity index (χ3n) is 3.15. The topological polar surface area (TPSA) is 34.1 Å². The van der Waals surface area contributed by atoms with Crippen molar-refractivity contribution in [3.8, 4) is 0 Å². The first-order valence-corrected chi connectivity index (χ1v) is 4.31. The van der Waals surface area contributed by atoms with Gasteiger partial charge in [-0.05, 0) is 25.2 Å². The largest absolute Gasteiger partial charge is 0.303 e. The van der Waals surface area contributed by atoms with Crippen LogP contribution in [0.3, 0.4) is 0 Å². The van der Waals surface area contributed by atoms with Crippen LogP contribution in [0.4, 0.5) is 0 Å². The summed E-state index contributed by atoms with van der Waals surface area (Å²) < 4.78 is 0. The Kier molecular flexibility index (Phi) is 1.55. The van der Waals surface area contributed by atoms with Crippen LogP contribution in [-0.2, 0) is 9.59 Å². The predicted octanol–water partition coefficient (Wildman–Crippen LogP) is 1.19. The van der Waals surface area contributed by atoms with Crippen molar-refractivity contribution >= 4 is 12.1 Å². The van der Waals surface area contributed by atoms with Gasteiger partial charge in [-0.3, -0.25) is 4.79 Å². The molecule has 2 heteroatoms. The van der Waals surface area contributed by atoms with Gasteiger partial charge in [0.1, 0.15) is 12.1 Å². The molecule has 0 heterocycles. The van der Waals surface area contributed by atoms with Crippen LogP contribution in [-0.4, -0.2) is 12.1 Å². The number of carbonyl (C=O) groups is 2. The number of carbonyl (C=O) groups excluding carboxylic acids is 2. The molecule has 2 aliphatic carbocycles. The van der Waals surface area contributed by atoms with E-state index in [1.165, 1.54) is 0 Å². The van der Waals surface area contributed by atoms with Crippen LogP contribution < -0.4 is 0 Å². The lowest BCUT2D eigenvalue weighted by Crippen LogP contribution is -2.18. The summed E-state index contributed by atoms with van der Waals surface area (Å²) in [6, 6.07) is 0. The molecule has 0 N–H and O–H groups in total. The minimum atomic E-state index is 0.0648. The standard InChI is InChI=1S/C9H12O2/c10-5-7-2-1-6-3-4-8(11)9(6)7/h5-7,9H,1-4H2/t6-,7-,9+/m0/s1. The van der Waals surface area contributed by atoms with Crippen molar-refractivity contribution in [2.75, 3.05) is 0 Å². The van der Waals surface area contributed by atoms with Crippen molar-refractivity contribution in [2.45, 2.75) is 25.7 Å². The first-order chi connectivity index (χ1) is 5.33. The molecule has 2 fully saturated rings. The van der Waals surface area contributed by atoms with E-state index in [0.29, 0.717) is 11.7 Å². The van der Waals surface area contributed by atoms with E-state index in [0.717, 1.165) is 32.0 Å². The predicted molar refractivity (Wildman–Crippen MR) is 40.0 cm³/mol. The van der Waals surface area contributed by atoms with E-state index in [-0.39, 0.29) is 11.8 Å². The molecule has 0 amide bonds. The summed E-state index contributed by atoms with van der Waals surface area (Å²) in [5.74, 6) is 1.07. The Morgan fingerprint density at radius 1 is 1.27 bits per heavy atom. The molecule has 11 heavy (non-hydrogen) atoms. The molecule has 2 rings (SSSR count). The molecule has 2 aliphatic rings. The Balaban J connectivity index is 2.19. The van der Waals surface area contributed by atoms with Crippen molar-refractivity contribution in [3.63, 3.8) is 0 Å². The van der Waals surface area contributed by atoms with Gasteiger partial charge in [0.25, 0.3) is 0 Å². The zero-order valence-electron chi connectivity index (χ0n) is 6.45. The monoisotopic (exact) mass is 152 g/mol. The molecule has 2 nitrogen and oxygen atoms in total. The summed E-state index contributed by atoms with van der Waals surface area (Å²) in [5.41, 5.74) is 0. The van der Waals surface area contributed by atoms with Crippen LogP contribution in [0.15, 0.2) is 0 Å². The maximum absolute atomic E-state index is 11.3. The van der Waals surface area contributed by atoms with Crippen LogP contribution in [0.1, 0.15) is 25.7 Å². The van der Waals surface area contributed by atoms with E-state index >= 15 is 0 Å². The summed E-state index contributed by atoms with van der Waals surface area (Å²) >= 11 is 0. The molecular weight excluding hydrogens is 140 g/mol.